The highest BCUT2D eigenvalue weighted by Crippen LogP contribution is 2.29. The zero-order chi connectivity index (χ0) is 14.5. The van der Waals surface area contributed by atoms with E-state index in [1.165, 1.54) is 0 Å². The summed E-state index contributed by atoms with van der Waals surface area (Å²) in [7, 11) is 3.20. The molecule has 0 aliphatic carbocycles. The molecule has 1 aromatic carbocycles. The number of nitrogens with zero attached hydrogens (tertiary/aromatic N) is 1. The molecule has 0 unspecified atom stereocenters. The summed E-state index contributed by atoms with van der Waals surface area (Å²) in [6, 6.07) is 11.0. The predicted molar refractivity (Wildman–Crippen MR) is 79.0 cm³/mol. The molecule has 0 bridgehead atoms. The number of para-hydroxylation sites is 1. The van der Waals surface area contributed by atoms with E-state index in [-0.39, 0.29) is 11.2 Å². The van der Waals surface area contributed by atoms with Crippen LogP contribution in [0, 0.1) is 0 Å². The summed E-state index contributed by atoms with van der Waals surface area (Å²) in [5, 5.41) is 0. The Hall–Kier alpha value is -2.27. The van der Waals surface area contributed by atoms with Gasteiger partial charge in [0.05, 0.1) is 25.1 Å². The summed E-state index contributed by atoms with van der Waals surface area (Å²) < 4.78 is 12.0. The van der Waals surface area contributed by atoms with Crippen LogP contribution in [0.3, 0.4) is 0 Å². The van der Waals surface area contributed by atoms with Crippen molar-refractivity contribution in [2.75, 3.05) is 26.6 Å². The van der Waals surface area contributed by atoms with E-state index in [2.05, 4.69) is 0 Å². The molecule has 0 fully saturated rings. The smallest absolute Gasteiger partial charge is 0.274 e. The maximum atomic E-state index is 12.2. The summed E-state index contributed by atoms with van der Waals surface area (Å²) in [4.78, 5) is 12.2. The fourth-order valence-corrected chi connectivity index (χ4v) is 2.09. The van der Waals surface area contributed by atoms with Crippen molar-refractivity contribution in [2.24, 2.45) is 0 Å². The van der Waals surface area contributed by atoms with Gasteiger partial charge in [0.1, 0.15) is 5.75 Å². The van der Waals surface area contributed by atoms with Gasteiger partial charge in [-0.25, -0.2) is 0 Å². The molecule has 0 amide bonds. The van der Waals surface area contributed by atoms with Crippen molar-refractivity contribution in [3.05, 3.63) is 46.8 Å². The van der Waals surface area contributed by atoms with Crippen LogP contribution < -0.4 is 16.0 Å². The quantitative estimate of drug-likeness (QED) is 0.902. The van der Waals surface area contributed by atoms with Gasteiger partial charge in [-0.2, -0.15) is 0 Å². The average molecular weight is 274 g/mol. The van der Waals surface area contributed by atoms with Crippen LogP contribution in [-0.4, -0.2) is 25.4 Å². The van der Waals surface area contributed by atoms with E-state index in [1.807, 2.05) is 30.3 Å². The van der Waals surface area contributed by atoms with Gasteiger partial charge in [-0.15, -0.1) is 0 Å². The van der Waals surface area contributed by atoms with Gasteiger partial charge in [-0.1, -0.05) is 12.1 Å². The Bertz CT molecular complexity index is 650. The highest BCUT2D eigenvalue weighted by molar-refractivity contribution is 5.68. The normalized spacial score (nSPS) is 10.5. The molecule has 0 aliphatic rings. The standard InChI is InChI=1S/C15H18N2O3/c1-19-10-9-17-13(8-7-12(16)15(17)18)11-5-3-4-6-14(11)20-2/h3-8H,9-10,16H2,1-2H3. The van der Waals surface area contributed by atoms with Gasteiger partial charge in [0.2, 0.25) is 0 Å². The second-order valence-corrected chi connectivity index (χ2v) is 4.32. The largest absolute Gasteiger partial charge is 0.496 e. The van der Waals surface area contributed by atoms with Crippen molar-refractivity contribution >= 4 is 5.69 Å². The first-order chi connectivity index (χ1) is 9.69. The molecule has 2 aromatic rings. The topological polar surface area (TPSA) is 66.5 Å². The zero-order valence-electron chi connectivity index (χ0n) is 11.6. The number of benzene rings is 1. The minimum atomic E-state index is -0.217. The van der Waals surface area contributed by atoms with Crippen molar-refractivity contribution < 1.29 is 9.47 Å². The molecule has 2 N–H and O–H groups in total. The van der Waals surface area contributed by atoms with E-state index in [4.69, 9.17) is 15.2 Å². The number of ether oxygens (including phenoxy) is 2. The minimum Gasteiger partial charge on any atom is -0.496 e. The summed E-state index contributed by atoms with van der Waals surface area (Å²) in [6.45, 7) is 0.874. The fourth-order valence-electron chi connectivity index (χ4n) is 2.09. The molecule has 2 rings (SSSR count). The molecule has 0 radical (unpaired) electrons. The van der Waals surface area contributed by atoms with Gasteiger partial charge in [-0.05, 0) is 24.3 Å². The van der Waals surface area contributed by atoms with Gasteiger partial charge < -0.3 is 19.8 Å². The van der Waals surface area contributed by atoms with Crippen LogP contribution in [-0.2, 0) is 11.3 Å². The zero-order valence-corrected chi connectivity index (χ0v) is 11.6. The maximum absolute atomic E-state index is 12.2. The molecule has 0 atom stereocenters. The average Bonchev–Trinajstić information content (AvgIpc) is 2.48. The Kier molecular flexibility index (Phi) is 4.42. The third-order valence-corrected chi connectivity index (χ3v) is 3.11. The van der Waals surface area contributed by atoms with E-state index in [9.17, 15) is 4.79 Å². The number of nitrogens with two attached hydrogens (primary N) is 1. The third kappa shape index (κ3) is 2.67. The summed E-state index contributed by atoms with van der Waals surface area (Å²) in [5.41, 5.74) is 7.32. The molecule has 106 valence electrons. The molecule has 0 saturated heterocycles. The van der Waals surface area contributed by atoms with E-state index in [0.29, 0.717) is 18.9 Å². The summed E-state index contributed by atoms with van der Waals surface area (Å²) in [6.07, 6.45) is 0. The lowest BCUT2D eigenvalue weighted by molar-refractivity contribution is 0.186. The van der Waals surface area contributed by atoms with Crippen molar-refractivity contribution in [3.63, 3.8) is 0 Å². The second-order valence-electron chi connectivity index (χ2n) is 4.32. The third-order valence-electron chi connectivity index (χ3n) is 3.11. The maximum Gasteiger partial charge on any atom is 0.274 e. The van der Waals surface area contributed by atoms with Gasteiger partial charge in [-0.3, -0.25) is 4.79 Å². The molecular weight excluding hydrogens is 256 g/mol. The molecule has 0 saturated carbocycles. The lowest BCUT2D eigenvalue weighted by Gasteiger charge is -2.15. The van der Waals surface area contributed by atoms with E-state index in [1.54, 1.807) is 24.9 Å². The first-order valence-corrected chi connectivity index (χ1v) is 6.30. The van der Waals surface area contributed by atoms with Gasteiger partial charge in [0, 0.05) is 19.2 Å². The Balaban J connectivity index is 2.61. The van der Waals surface area contributed by atoms with Crippen LogP contribution in [0.15, 0.2) is 41.2 Å². The van der Waals surface area contributed by atoms with E-state index in [0.717, 1.165) is 11.3 Å². The Morgan fingerprint density at radius 2 is 1.90 bits per heavy atom. The number of nitrogen functional groups attached to an aromatic ring is 1. The van der Waals surface area contributed by atoms with Crippen LogP contribution in [0.25, 0.3) is 11.3 Å². The van der Waals surface area contributed by atoms with Crippen LogP contribution in [0.2, 0.25) is 0 Å². The highest BCUT2D eigenvalue weighted by atomic mass is 16.5. The van der Waals surface area contributed by atoms with Crippen LogP contribution in [0.5, 0.6) is 5.75 Å². The number of aromatic nitrogens is 1. The number of rotatable bonds is 5. The number of pyridine rings is 1. The highest BCUT2D eigenvalue weighted by Gasteiger charge is 2.12. The molecular formula is C15H18N2O3. The molecule has 5 heteroatoms. The van der Waals surface area contributed by atoms with Crippen molar-refractivity contribution in [2.45, 2.75) is 6.54 Å². The minimum absolute atomic E-state index is 0.217. The van der Waals surface area contributed by atoms with Crippen molar-refractivity contribution in [1.82, 2.24) is 4.57 Å². The van der Waals surface area contributed by atoms with Crippen molar-refractivity contribution in [3.8, 4) is 17.0 Å². The SMILES string of the molecule is COCCn1c(-c2ccccc2OC)ccc(N)c1=O. The Labute approximate surface area is 117 Å². The summed E-state index contributed by atoms with van der Waals surface area (Å²) in [5.74, 6) is 0.711. The van der Waals surface area contributed by atoms with Gasteiger partial charge in [0.25, 0.3) is 5.56 Å². The number of methoxy groups -OCH3 is 2. The number of hydrogen-bond acceptors (Lipinski definition) is 4. The molecule has 20 heavy (non-hydrogen) atoms. The molecule has 1 aromatic heterocycles. The second kappa shape index (κ2) is 6.25. The van der Waals surface area contributed by atoms with Crippen LogP contribution in [0.4, 0.5) is 5.69 Å². The monoisotopic (exact) mass is 274 g/mol. The Morgan fingerprint density at radius 3 is 2.60 bits per heavy atom. The van der Waals surface area contributed by atoms with Crippen LogP contribution >= 0.6 is 0 Å². The number of hydrogen-bond donors (Lipinski definition) is 1. The van der Waals surface area contributed by atoms with Crippen LogP contribution in [0.1, 0.15) is 0 Å². The molecule has 5 nitrogen and oxygen atoms in total. The lowest BCUT2D eigenvalue weighted by atomic mass is 10.1. The Morgan fingerprint density at radius 1 is 1.15 bits per heavy atom. The molecule has 0 aliphatic heterocycles. The predicted octanol–water partition coefficient (Wildman–Crippen LogP) is 1.75. The fraction of sp³-hybridized carbons (Fsp3) is 0.267. The first-order valence-electron chi connectivity index (χ1n) is 6.30. The molecule has 1 heterocycles. The molecule has 0 spiro atoms. The van der Waals surface area contributed by atoms with E-state index < -0.39 is 0 Å². The summed E-state index contributed by atoms with van der Waals surface area (Å²) >= 11 is 0. The number of anilines is 1. The van der Waals surface area contributed by atoms with E-state index >= 15 is 0 Å². The van der Waals surface area contributed by atoms with Crippen molar-refractivity contribution in [1.29, 1.82) is 0 Å². The van der Waals surface area contributed by atoms with Gasteiger partial charge in [0.15, 0.2) is 0 Å². The first kappa shape index (κ1) is 14.1. The lowest BCUT2D eigenvalue weighted by Crippen LogP contribution is -2.26. The van der Waals surface area contributed by atoms with Gasteiger partial charge >= 0.3 is 0 Å².